The van der Waals surface area contributed by atoms with Gasteiger partial charge in [0.05, 0.1) is 5.75 Å². The molecule has 0 spiro atoms. The average molecular weight is 357 g/mol. The summed E-state index contributed by atoms with van der Waals surface area (Å²) in [7, 11) is -1.30. The van der Waals surface area contributed by atoms with E-state index in [1.165, 1.54) is 18.4 Å². The van der Waals surface area contributed by atoms with E-state index in [0.717, 1.165) is 5.56 Å². The molecule has 0 aliphatic rings. The first-order valence-corrected chi connectivity index (χ1v) is 10.0. The van der Waals surface area contributed by atoms with Crippen molar-refractivity contribution in [1.29, 1.82) is 0 Å². The van der Waals surface area contributed by atoms with Crippen LogP contribution in [0.15, 0.2) is 29.3 Å². The number of nitrogens with one attached hydrogen (secondary N) is 2. The van der Waals surface area contributed by atoms with Crippen LogP contribution in [0.25, 0.3) is 0 Å². The number of guanidine groups is 1. The molecule has 5 nitrogen and oxygen atoms in total. The third-order valence-corrected chi connectivity index (χ3v) is 4.83. The highest BCUT2D eigenvalue weighted by atomic mass is 32.2. The van der Waals surface area contributed by atoms with Crippen molar-refractivity contribution in [3.8, 4) is 0 Å². The monoisotopic (exact) mass is 357 g/mol. The van der Waals surface area contributed by atoms with Crippen LogP contribution in [0.5, 0.6) is 0 Å². The van der Waals surface area contributed by atoms with Gasteiger partial charge in [-0.05, 0) is 31.0 Å². The second kappa shape index (κ2) is 8.46. The Kier molecular flexibility index (Phi) is 7.20. The Morgan fingerprint density at radius 1 is 1.29 bits per heavy atom. The average Bonchev–Trinajstić information content (AvgIpc) is 2.49. The van der Waals surface area contributed by atoms with Gasteiger partial charge in [0.15, 0.2) is 5.96 Å². The van der Waals surface area contributed by atoms with Gasteiger partial charge in [0, 0.05) is 31.3 Å². The fraction of sp³-hybridized carbons (Fsp3) is 0.588. The SMILES string of the molecule is CN=C(NCC(C)(C)c1ccc(F)cc1)NC(C)CCS(C)(=O)=O. The Morgan fingerprint density at radius 2 is 1.88 bits per heavy atom. The molecule has 1 aromatic rings. The third-order valence-electron chi connectivity index (χ3n) is 3.85. The molecule has 1 unspecified atom stereocenters. The Hall–Kier alpha value is -1.63. The van der Waals surface area contributed by atoms with Crippen LogP contribution >= 0.6 is 0 Å². The van der Waals surface area contributed by atoms with Crippen molar-refractivity contribution in [3.63, 3.8) is 0 Å². The predicted octanol–water partition coefficient (Wildman–Crippen LogP) is 2.09. The lowest BCUT2D eigenvalue weighted by Crippen LogP contribution is -2.46. The maximum Gasteiger partial charge on any atom is 0.191 e. The van der Waals surface area contributed by atoms with Crippen molar-refractivity contribution >= 4 is 15.8 Å². The predicted molar refractivity (Wildman–Crippen MR) is 97.7 cm³/mol. The van der Waals surface area contributed by atoms with Crippen molar-refractivity contribution in [2.75, 3.05) is 25.6 Å². The highest BCUT2D eigenvalue weighted by Crippen LogP contribution is 2.22. The van der Waals surface area contributed by atoms with Crippen LogP contribution in [-0.4, -0.2) is 46.0 Å². The van der Waals surface area contributed by atoms with Crippen molar-refractivity contribution in [2.45, 2.75) is 38.6 Å². The minimum Gasteiger partial charge on any atom is -0.356 e. The molecule has 1 rings (SSSR count). The van der Waals surface area contributed by atoms with Crippen LogP contribution in [0.2, 0.25) is 0 Å². The van der Waals surface area contributed by atoms with Crippen molar-refractivity contribution < 1.29 is 12.8 Å². The van der Waals surface area contributed by atoms with E-state index in [-0.39, 0.29) is 23.0 Å². The van der Waals surface area contributed by atoms with Crippen LogP contribution < -0.4 is 10.6 Å². The van der Waals surface area contributed by atoms with Crippen molar-refractivity contribution in [1.82, 2.24) is 10.6 Å². The minimum atomic E-state index is -2.97. The summed E-state index contributed by atoms with van der Waals surface area (Å²) >= 11 is 0. The summed E-state index contributed by atoms with van der Waals surface area (Å²) in [6, 6.07) is 6.46. The lowest BCUT2D eigenvalue weighted by atomic mass is 9.84. The number of sulfone groups is 1. The second-order valence-corrected chi connectivity index (χ2v) is 9.04. The standard InChI is InChI=1S/C17H28FN3O2S/c1-13(10-11-24(5,22)23)21-16(19-4)20-12-17(2,3)14-6-8-15(18)9-7-14/h6-9,13H,10-12H2,1-5H3,(H2,19,20,21). The van der Waals surface area contributed by atoms with Crippen LogP contribution in [0.1, 0.15) is 32.8 Å². The Bertz CT molecular complexity index is 655. The molecule has 0 aromatic heterocycles. The molecule has 1 aromatic carbocycles. The molecule has 1 atom stereocenters. The van der Waals surface area contributed by atoms with Crippen molar-refractivity contribution in [3.05, 3.63) is 35.6 Å². The van der Waals surface area contributed by atoms with Crippen LogP contribution in [0.4, 0.5) is 4.39 Å². The van der Waals surface area contributed by atoms with E-state index < -0.39 is 9.84 Å². The van der Waals surface area contributed by atoms with Gasteiger partial charge < -0.3 is 10.6 Å². The summed E-state index contributed by atoms with van der Waals surface area (Å²) in [6.07, 6.45) is 1.75. The van der Waals surface area contributed by atoms with Gasteiger partial charge in [-0.1, -0.05) is 26.0 Å². The number of hydrogen-bond acceptors (Lipinski definition) is 3. The molecule has 0 amide bonds. The Morgan fingerprint density at radius 3 is 2.38 bits per heavy atom. The van der Waals surface area contributed by atoms with Gasteiger partial charge in [0.1, 0.15) is 15.7 Å². The quantitative estimate of drug-likeness (QED) is 0.579. The molecule has 0 aliphatic carbocycles. The number of rotatable bonds is 7. The number of halogens is 1. The summed E-state index contributed by atoms with van der Waals surface area (Å²) in [5.41, 5.74) is 0.818. The maximum absolute atomic E-state index is 13.1. The lowest BCUT2D eigenvalue weighted by Gasteiger charge is -2.27. The zero-order valence-corrected chi connectivity index (χ0v) is 15.9. The smallest absolute Gasteiger partial charge is 0.191 e. The van der Waals surface area contributed by atoms with Gasteiger partial charge in [-0.2, -0.15) is 0 Å². The number of nitrogens with zero attached hydrogens (tertiary/aromatic N) is 1. The molecule has 24 heavy (non-hydrogen) atoms. The highest BCUT2D eigenvalue weighted by Gasteiger charge is 2.21. The molecular weight excluding hydrogens is 329 g/mol. The van der Waals surface area contributed by atoms with E-state index in [9.17, 15) is 12.8 Å². The van der Waals surface area contributed by atoms with Gasteiger partial charge in [0.25, 0.3) is 0 Å². The zero-order chi connectivity index (χ0) is 18.4. The van der Waals surface area contributed by atoms with Crippen molar-refractivity contribution in [2.24, 2.45) is 4.99 Å². The van der Waals surface area contributed by atoms with E-state index in [1.54, 1.807) is 19.2 Å². The molecule has 0 aliphatic heterocycles. The fourth-order valence-corrected chi connectivity index (χ4v) is 2.98. The van der Waals surface area contributed by atoms with Gasteiger partial charge in [-0.25, -0.2) is 12.8 Å². The topological polar surface area (TPSA) is 70.6 Å². The second-order valence-electron chi connectivity index (χ2n) is 6.78. The Labute approximate surface area is 144 Å². The highest BCUT2D eigenvalue weighted by molar-refractivity contribution is 7.90. The van der Waals surface area contributed by atoms with E-state index >= 15 is 0 Å². The van der Waals surface area contributed by atoms with Gasteiger partial charge in [-0.3, -0.25) is 4.99 Å². The summed E-state index contributed by atoms with van der Waals surface area (Å²) in [5.74, 6) is 0.505. The molecule has 0 heterocycles. The number of benzene rings is 1. The molecule has 0 saturated heterocycles. The first kappa shape index (κ1) is 20.4. The summed E-state index contributed by atoms with van der Waals surface area (Å²) < 4.78 is 35.5. The van der Waals surface area contributed by atoms with Gasteiger partial charge in [0.2, 0.25) is 0 Å². The van der Waals surface area contributed by atoms with Gasteiger partial charge in [-0.15, -0.1) is 0 Å². The third kappa shape index (κ3) is 7.29. The maximum atomic E-state index is 13.1. The van der Waals surface area contributed by atoms with Crippen LogP contribution in [-0.2, 0) is 15.3 Å². The molecule has 7 heteroatoms. The van der Waals surface area contributed by atoms with E-state index in [1.807, 2.05) is 6.92 Å². The largest absolute Gasteiger partial charge is 0.356 e. The van der Waals surface area contributed by atoms with Crippen LogP contribution in [0.3, 0.4) is 0 Å². The van der Waals surface area contributed by atoms with E-state index in [0.29, 0.717) is 18.9 Å². The molecule has 0 bridgehead atoms. The normalized spacial score (nSPS) is 14.3. The summed E-state index contributed by atoms with van der Waals surface area (Å²) in [6.45, 7) is 6.65. The first-order chi connectivity index (χ1) is 11.0. The molecule has 0 fully saturated rings. The van der Waals surface area contributed by atoms with E-state index in [2.05, 4.69) is 29.5 Å². The lowest BCUT2D eigenvalue weighted by molar-refractivity contribution is 0.502. The molecular formula is C17H28FN3O2S. The van der Waals surface area contributed by atoms with E-state index in [4.69, 9.17) is 0 Å². The molecule has 136 valence electrons. The molecule has 0 saturated carbocycles. The summed E-state index contributed by atoms with van der Waals surface area (Å²) in [5, 5.41) is 6.43. The number of aliphatic imine (C=N–C) groups is 1. The van der Waals surface area contributed by atoms with Crippen LogP contribution in [0, 0.1) is 5.82 Å². The zero-order valence-electron chi connectivity index (χ0n) is 15.1. The number of hydrogen-bond donors (Lipinski definition) is 2. The molecule has 2 N–H and O–H groups in total. The minimum absolute atomic E-state index is 0.0140. The first-order valence-electron chi connectivity index (χ1n) is 7.94. The Balaban J connectivity index is 2.58. The molecule has 0 radical (unpaired) electrons. The van der Waals surface area contributed by atoms with Gasteiger partial charge >= 0.3 is 0 Å². The fourth-order valence-electron chi connectivity index (χ4n) is 2.20. The summed E-state index contributed by atoms with van der Waals surface area (Å²) in [4.78, 5) is 4.17.